The van der Waals surface area contributed by atoms with E-state index < -0.39 is 0 Å². The zero-order valence-corrected chi connectivity index (χ0v) is 12.3. The molecule has 1 aromatic heterocycles. The number of tetrazole rings is 1. The molecule has 0 radical (unpaired) electrons. The Morgan fingerprint density at radius 3 is 2.86 bits per heavy atom. The van der Waals surface area contributed by atoms with Crippen LogP contribution in [0.15, 0.2) is 24.3 Å². The molecule has 0 saturated heterocycles. The van der Waals surface area contributed by atoms with Gasteiger partial charge in [0.2, 0.25) is 0 Å². The monoisotopic (exact) mass is 306 g/mol. The predicted octanol–water partition coefficient (Wildman–Crippen LogP) is 0.828. The van der Waals surface area contributed by atoms with Crippen LogP contribution in [0.5, 0.6) is 5.75 Å². The van der Waals surface area contributed by atoms with Crippen molar-refractivity contribution in [2.75, 3.05) is 12.4 Å². The van der Waals surface area contributed by atoms with Crippen LogP contribution in [0, 0.1) is 0 Å². The number of para-hydroxylation sites is 1. The molecule has 21 heavy (non-hydrogen) atoms. The van der Waals surface area contributed by atoms with Crippen molar-refractivity contribution in [1.82, 2.24) is 25.5 Å². The minimum Gasteiger partial charge on any atom is -0.496 e. The fourth-order valence-electron chi connectivity index (χ4n) is 1.56. The van der Waals surface area contributed by atoms with Gasteiger partial charge in [0, 0.05) is 0 Å². The van der Waals surface area contributed by atoms with E-state index in [0.717, 1.165) is 0 Å². The van der Waals surface area contributed by atoms with Gasteiger partial charge >= 0.3 is 0 Å². The minimum absolute atomic E-state index is 0.0848. The second kappa shape index (κ2) is 6.75. The Balaban J connectivity index is 2.00. The molecule has 1 heterocycles. The van der Waals surface area contributed by atoms with Crippen LogP contribution in [0.2, 0.25) is 0 Å². The Bertz CT molecular complexity index is 657. The zero-order chi connectivity index (χ0) is 15.2. The highest BCUT2D eigenvalue weighted by atomic mass is 32.1. The van der Waals surface area contributed by atoms with Gasteiger partial charge in [-0.25, -0.2) is 0 Å². The van der Waals surface area contributed by atoms with Crippen molar-refractivity contribution in [1.29, 1.82) is 0 Å². The molecule has 0 aliphatic rings. The summed E-state index contributed by atoms with van der Waals surface area (Å²) in [7, 11) is 1.50. The first-order valence-electron chi connectivity index (χ1n) is 6.17. The largest absolute Gasteiger partial charge is 0.496 e. The second-order valence-corrected chi connectivity index (χ2v) is 4.32. The molecule has 1 amide bonds. The number of amides is 1. The maximum absolute atomic E-state index is 12.1. The second-order valence-electron chi connectivity index (χ2n) is 3.91. The molecule has 0 bridgehead atoms. The molecule has 1 aromatic carbocycles. The summed E-state index contributed by atoms with van der Waals surface area (Å²) in [6.07, 6.45) is 0. The lowest BCUT2D eigenvalue weighted by Crippen LogP contribution is -2.34. The number of aromatic nitrogens is 4. The number of ether oxygens (including phenoxy) is 1. The molecular formula is C12H14N6O2S. The Hall–Kier alpha value is -2.55. The molecular weight excluding hydrogens is 292 g/mol. The molecule has 0 saturated carbocycles. The summed E-state index contributed by atoms with van der Waals surface area (Å²) in [6, 6.07) is 6.85. The molecule has 2 rings (SSSR count). The number of thiocarbonyl (C=S) groups is 1. The average Bonchev–Trinajstić information content (AvgIpc) is 2.94. The number of anilines is 1. The van der Waals surface area contributed by atoms with Crippen molar-refractivity contribution in [2.45, 2.75) is 13.5 Å². The van der Waals surface area contributed by atoms with Crippen molar-refractivity contribution in [3.05, 3.63) is 29.8 Å². The number of carbonyl (C=O) groups excluding carboxylic acids is 1. The van der Waals surface area contributed by atoms with Crippen LogP contribution in [-0.2, 0) is 6.54 Å². The number of nitrogens with zero attached hydrogens (tertiary/aromatic N) is 4. The minimum atomic E-state index is -0.382. The van der Waals surface area contributed by atoms with Gasteiger partial charge in [-0.3, -0.25) is 15.4 Å². The van der Waals surface area contributed by atoms with E-state index in [1.165, 1.54) is 11.9 Å². The Kier molecular flexibility index (Phi) is 4.77. The van der Waals surface area contributed by atoms with Crippen molar-refractivity contribution < 1.29 is 9.53 Å². The van der Waals surface area contributed by atoms with Crippen LogP contribution in [0.1, 0.15) is 17.3 Å². The van der Waals surface area contributed by atoms with Crippen LogP contribution in [0.4, 0.5) is 5.95 Å². The predicted molar refractivity (Wildman–Crippen MR) is 80.2 cm³/mol. The molecule has 110 valence electrons. The number of benzene rings is 1. The van der Waals surface area contributed by atoms with E-state index in [4.69, 9.17) is 17.0 Å². The molecule has 8 nitrogen and oxygen atoms in total. The topological polar surface area (TPSA) is 94.0 Å². The van der Waals surface area contributed by atoms with Crippen LogP contribution in [-0.4, -0.2) is 38.3 Å². The number of methoxy groups -OCH3 is 1. The number of rotatable bonds is 4. The lowest BCUT2D eigenvalue weighted by Gasteiger charge is -2.09. The third kappa shape index (κ3) is 3.72. The van der Waals surface area contributed by atoms with Gasteiger partial charge in [-0.05, 0) is 36.5 Å². The van der Waals surface area contributed by atoms with Gasteiger partial charge in [-0.15, -0.1) is 5.10 Å². The molecule has 0 spiro atoms. The number of hydrogen-bond donors (Lipinski definition) is 2. The van der Waals surface area contributed by atoms with Crippen molar-refractivity contribution in [2.24, 2.45) is 0 Å². The molecule has 2 aromatic rings. The van der Waals surface area contributed by atoms with E-state index in [0.29, 0.717) is 17.9 Å². The van der Waals surface area contributed by atoms with Gasteiger partial charge in [0.05, 0.1) is 19.2 Å². The number of hydrogen-bond acceptors (Lipinski definition) is 6. The third-order valence-electron chi connectivity index (χ3n) is 2.54. The summed E-state index contributed by atoms with van der Waals surface area (Å²) in [5, 5.41) is 16.8. The van der Waals surface area contributed by atoms with Gasteiger partial charge in [-0.2, -0.15) is 4.80 Å². The van der Waals surface area contributed by atoms with E-state index in [-0.39, 0.29) is 17.0 Å². The SMILES string of the molecule is CCn1nnc(NC(=S)NC(=O)c2ccccc2OC)n1. The van der Waals surface area contributed by atoms with Gasteiger partial charge in [-0.1, -0.05) is 17.2 Å². The lowest BCUT2D eigenvalue weighted by atomic mass is 10.2. The first-order valence-corrected chi connectivity index (χ1v) is 6.58. The third-order valence-corrected chi connectivity index (χ3v) is 2.74. The normalized spacial score (nSPS) is 10.0. The summed E-state index contributed by atoms with van der Waals surface area (Å²) in [5.74, 6) is 0.308. The highest BCUT2D eigenvalue weighted by Crippen LogP contribution is 2.16. The first kappa shape index (κ1) is 14.9. The highest BCUT2D eigenvalue weighted by molar-refractivity contribution is 7.80. The van der Waals surface area contributed by atoms with E-state index in [1.807, 2.05) is 6.92 Å². The van der Waals surface area contributed by atoms with Crippen LogP contribution in [0.25, 0.3) is 0 Å². The molecule has 0 aliphatic heterocycles. The zero-order valence-electron chi connectivity index (χ0n) is 11.5. The Morgan fingerprint density at radius 1 is 1.43 bits per heavy atom. The van der Waals surface area contributed by atoms with Crippen molar-refractivity contribution in [3.8, 4) is 5.75 Å². The quantitative estimate of drug-likeness (QED) is 0.808. The highest BCUT2D eigenvalue weighted by Gasteiger charge is 2.13. The maximum Gasteiger partial charge on any atom is 0.269 e. The van der Waals surface area contributed by atoms with Crippen LogP contribution in [0.3, 0.4) is 0 Å². The summed E-state index contributed by atoms with van der Waals surface area (Å²) in [5.41, 5.74) is 0.384. The van der Waals surface area contributed by atoms with Crippen molar-refractivity contribution in [3.63, 3.8) is 0 Å². The standard InChI is InChI=1S/C12H14N6O2S/c1-3-18-16-11(15-17-18)14-12(21)13-10(19)8-6-4-5-7-9(8)20-2/h4-7H,3H2,1-2H3,(H2,13,14,16,19,21). The average molecular weight is 306 g/mol. The van der Waals surface area contributed by atoms with E-state index in [1.54, 1.807) is 24.3 Å². The van der Waals surface area contributed by atoms with Crippen LogP contribution < -0.4 is 15.4 Å². The summed E-state index contributed by atoms with van der Waals surface area (Å²) in [6.45, 7) is 2.47. The smallest absolute Gasteiger partial charge is 0.269 e. The lowest BCUT2D eigenvalue weighted by molar-refractivity contribution is 0.0975. The number of carbonyl (C=O) groups is 1. The Morgan fingerprint density at radius 2 is 2.19 bits per heavy atom. The van der Waals surface area contributed by atoms with E-state index in [9.17, 15) is 4.79 Å². The van der Waals surface area contributed by atoms with Crippen molar-refractivity contribution >= 4 is 29.2 Å². The molecule has 0 aliphatic carbocycles. The van der Waals surface area contributed by atoms with Crippen LogP contribution >= 0.6 is 12.2 Å². The van der Waals surface area contributed by atoms with Gasteiger partial charge in [0.1, 0.15) is 5.75 Å². The molecule has 0 fully saturated rings. The summed E-state index contributed by atoms with van der Waals surface area (Å²) in [4.78, 5) is 13.5. The number of aryl methyl sites for hydroxylation is 1. The molecule has 9 heteroatoms. The molecule has 0 unspecified atom stereocenters. The number of nitrogens with one attached hydrogen (secondary N) is 2. The molecule has 0 atom stereocenters. The summed E-state index contributed by atoms with van der Waals surface area (Å²) >= 11 is 5.04. The maximum atomic E-state index is 12.1. The van der Waals surface area contributed by atoms with Gasteiger partial charge < -0.3 is 4.74 Å². The van der Waals surface area contributed by atoms with Gasteiger partial charge in [0.15, 0.2) is 5.11 Å². The fraction of sp³-hybridized carbons (Fsp3) is 0.250. The van der Waals surface area contributed by atoms with Gasteiger partial charge in [0.25, 0.3) is 11.9 Å². The fourth-order valence-corrected chi connectivity index (χ4v) is 1.75. The molecule has 2 N–H and O–H groups in total. The van der Waals surface area contributed by atoms with E-state index in [2.05, 4.69) is 26.0 Å². The Labute approximate surface area is 126 Å². The van der Waals surface area contributed by atoms with E-state index >= 15 is 0 Å². The first-order chi connectivity index (χ1) is 10.1. The summed E-state index contributed by atoms with van der Waals surface area (Å²) < 4.78 is 5.12.